The van der Waals surface area contributed by atoms with Crippen LogP contribution >= 0.6 is 7.60 Å². The summed E-state index contributed by atoms with van der Waals surface area (Å²) in [7, 11) is -3.85. The summed E-state index contributed by atoms with van der Waals surface area (Å²) in [6.07, 6.45) is -4.42. The first kappa shape index (κ1) is 23.7. The Labute approximate surface area is 158 Å². The first-order valence-electron chi connectivity index (χ1n) is 8.64. The average molecular weight is 405 g/mol. The molecule has 0 bridgehead atoms. The van der Waals surface area contributed by atoms with Crippen molar-refractivity contribution in [3.63, 3.8) is 0 Å². The zero-order chi connectivity index (χ0) is 20.3. The van der Waals surface area contributed by atoms with Crippen LogP contribution in [0.4, 0.5) is 0 Å². The Morgan fingerprint density at radius 1 is 1.07 bits per heavy atom. The van der Waals surface area contributed by atoms with Crippen LogP contribution in [0.5, 0.6) is 0 Å². The number of nitrogens with zero attached hydrogens (tertiary/aromatic N) is 1. The average Bonchev–Trinajstić information content (AvgIpc) is 2.65. The highest BCUT2D eigenvalue weighted by Crippen LogP contribution is 2.53. The first-order chi connectivity index (χ1) is 12.8. The minimum atomic E-state index is -3.85. The van der Waals surface area contributed by atoms with Crippen LogP contribution in [-0.2, 0) is 25.1 Å². The van der Waals surface area contributed by atoms with Crippen molar-refractivity contribution >= 4 is 13.8 Å². The third-order valence-corrected chi connectivity index (χ3v) is 5.72. The van der Waals surface area contributed by atoms with E-state index in [1.165, 1.54) is 0 Å². The summed E-state index contributed by atoms with van der Waals surface area (Å²) in [5.41, 5.74) is 0.871. The Hall–Kier alpha value is -1.32. The molecule has 9 nitrogen and oxygen atoms in total. The number of aliphatic hydroxyl groups is 4. The SMILES string of the molecule is CCOP(=O)(OCC)C(O)C[C@@H](O)[C@@H](O)[C@H](O)C=NOCc1ccccc1. The Balaban J connectivity index is 2.51. The van der Waals surface area contributed by atoms with Crippen LogP contribution in [-0.4, -0.2) is 64.0 Å². The van der Waals surface area contributed by atoms with Gasteiger partial charge >= 0.3 is 7.60 Å². The molecule has 1 aromatic carbocycles. The van der Waals surface area contributed by atoms with Crippen molar-refractivity contribution in [1.82, 2.24) is 0 Å². The molecule has 4 atom stereocenters. The topological polar surface area (TPSA) is 138 Å². The van der Waals surface area contributed by atoms with E-state index in [0.717, 1.165) is 11.8 Å². The molecular weight excluding hydrogens is 377 g/mol. The molecule has 0 fully saturated rings. The van der Waals surface area contributed by atoms with Crippen LogP contribution < -0.4 is 0 Å². The largest absolute Gasteiger partial charge is 0.391 e. The summed E-state index contributed by atoms with van der Waals surface area (Å²) >= 11 is 0. The second kappa shape index (κ2) is 12.2. The molecule has 4 N–H and O–H groups in total. The van der Waals surface area contributed by atoms with Crippen molar-refractivity contribution in [2.24, 2.45) is 5.16 Å². The molecule has 0 saturated heterocycles. The molecular formula is C17H28NO8P. The van der Waals surface area contributed by atoms with E-state index in [2.05, 4.69) is 5.16 Å². The van der Waals surface area contributed by atoms with E-state index in [1.54, 1.807) is 13.8 Å². The van der Waals surface area contributed by atoms with Crippen LogP contribution in [0.25, 0.3) is 0 Å². The summed E-state index contributed by atoms with van der Waals surface area (Å²) in [5.74, 6) is -1.65. The number of aliphatic hydroxyl groups excluding tert-OH is 4. The second-order valence-corrected chi connectivity index (χ2v) is 7.85. The van der Waals surface area contributed by atoms with Gasteiger partial charge in [-0.3, -0.25) is 4.57 Å². The normalized spacial score (nSPS) is 16.8. The maximum Gasteiger partial charge on any atom is 0.358 e. The molecule has 1 rings (SSSR count). The van der Waals surface area contributed by atoms with E-state index in [0.29, 0.717) is 0 Å². The molecule has 0 amide bonds. The van der Waals surface area contributed by atoms with Crippen molar-refractivity contribution in [3.8, 4) is 0 Å². The molecule has 0 heterocycles. The second-order valence-electron chi connectivity index (χ2n) is 5.65. The molecule has 0 aromatic heterocycles. The summed E-state index contributed by atoms with van der Waals surface area (Å²) in [4.78, 5) is 5.00. The predicted octanol–water partition coefficient (Wildman–Crippen LogP) is 1.25. The summed E-state index contributed by atoms with van der Waals surface area (Å²) in [6.45, 7) is 3.42. The Kier molecular flexibility index (Phi) is 10.7. The first-order valence-corrected chi connectivity index (χ1v) is 10.3. The number of oxime groups is 1. The van der Waals surface area contributed by atoms with Gasteiger partial charge in [-0.25, -0.2) is 0 Å². The van der Waals surface area contributed by atoms with Gasteiger partial charge in [-0.05, 0) is 19.4 Å². The fraction of sp³-hybridized carbons (Fsp3) is 0.588. The van der Waals surface area contributed by atoms with Crippen LogP contribution in [0, 0.1) is 0 Å². The summed E-state index contributed by atoms with van der Waals surface area (Å²) < 4.78 is 22.3. The highest BCUT2D eigenvalue weighted by molar-refractivity contribution is 7.54. The molecule has 1 aromatic rings. The highest BCUT2D eigenvalue weighted by Gasteiger charge is 2.37. The standard InChI is InChI=1S/C17H28NO8P/c1-3-25-27(23,26-4-2)16(21)10-14(19)17(22)15(20)11-18-24-12-13-8-6-5-7-9-13/h5-9,11,14-17,19-22H,3-4,10,12H2,1-2H3/t14-,15-,16?,17-/m1/s1. The number of hydrogen-bond donors (Lipinski definition) is 4. The zero-order valence-corrected chi connectivity index (χ0v) is 16.3. The lowest BCUT2D eigenvalue weighted by Crippen LogP contribution is -2.40. The molecule has 154 valence electrons. The van der Waals surface area contributed by atoms with Gasteiger partial charge in [-0.2, -0.15) is 0 Å². The lowest BCUT2D eigenvalue weighted by Gasteiger charge is -2.26. The third-order valence-electron chi connectivity index (χ3n) is 3.54. The van der Waals surface area contributed by atoms with Gasteiger partial charge in [0.05, 0.1) is 25.5 Å². The molecule has 0 radical (unpaired) electrons. The van der Waals surface area contributed by atoms with Gasteiger partial charge in [0.1, 0.15) is 18.8 Å². The maximum atomic E-state index is 12.4. The molecule has 0 aliphatic carbocycles. The monoisotopic (exact) mass is 405 g/mol. The molecule has 1 unspecified atom stereocenters. The van der Waals surface area contributed by atoms with Gasteiger partial charge in [0, 0.05) is 6.42 Å². The van der Waals surface area contributed by atoms with Gasteiger partial charge in [0.25, 0.3) is 0 Å². The minimum absolute atomic E-state index is 0.0427. The fourth-order valence-electron chi connectivity index (χ4n) is 2.16. The summed E-state index contributed by atoms with van der Waals surface area (Å²) in [6, 6.07) is 9.21. The van der Waals surface area contributed by atoms with Crippen LogP contribution in [0.15, 0.2) is 35.5 Å². The van der Waals surface area contributed by atoms with Gasteiger partial charge in [0.15, 0.2) is 5.85 Å². The molecule has 0 spiro atoms. The number of benzene rings is 1. The van der Waals surface area contributed by atoms with Gasteiger partial charge < -0.3 is 34.3 Å². The van der Waals surface area contributed by atoms with Crippen molar-refractivity contribution in [2.45, 2.75) is 51.0 Å². The van der Waals surface area contributed by atoms with Crippen LogP contribution in [0.1, 0.15) is 25.8 Å². The number of rotatable bonds is 13. The predicted molar refractivity (Wildman–Crippen MR) is 99.2 cm³/mol. The summed E-state index contributed by atoms with van der Waals surface area (Å²) in [5, 5.41) is 43.4. The smallest absolute Gasteiger partial charge is 0.358 e. The lowest BCUT2D eigenvalue weighted by molar-refractivity contribution is -0.0476. The van der Waals surface area contributed by atoms with Gasteiger partial charge in [-0.15, -0.1) is 0 Å². The molecule has 10 heteroatoms. The third kappa shape index (κ3) is 8.06. The van der Waals surface area contributed by atoms with E-state index in [9.17, 15) is 25.0 Å². The minimum Gasteiger partial charge on any atom is -0.391 e. The molecule has 0 saturated carbocycles. The molecule has 0 aliphatic heterocycles. The molecule has 27 heavy (non-hydrogen) atoms. The van der Waals surface area contributed by atoms with Gasteiger partial charge in [-0.1, -0.05) is 35.5 Å². The number of hydrogen-bond acceptors (Lipinski definition) is 9. The van der Waals surface area contributed by atoms with E-state index in [4.69, 9.17) is 13.9 Å². The quantitative estimate of drug-likeness (QED) is 0.219. The maximum absolute atomic E-state index is 12.4. The van der Waals surface area contributed by atoms with Crippen molar-refractivity contribution in [1.29, 1.82) is 0 Å². The Morgan fingerprint density at radius 2 is 1.67 bits per heavy atom. The highest BCUT2D eigenvalue weighted by atomic mass is 31.2. The molecule has 0 aliphatic rings. The van der Waals surface area contributed by atoms with E-state index < -0.39 is 38.2 Å². The van der Waals surface area contributed by atoms with Gasteiger partial charge in [0.2, 0.25) is 0 Å². The van der Waals surface area contributed by atoms with Crippen molar-refractivity contribution in [3.05, 3.63) is 35.9 Å². The Bertz CT molecular complexity index is 590. The zero-order valence-electron chi connectivity index (χ0n) is 15.4. The lowest BCUT2D eigenvalue weighted by atomic mass is 10.1. The van der Waals surface area contributed by atoms with E-state index in [1.807, 2.05) is 30.3 Å². The fourth-order valence-corrected chi connectivity index (χ4v) is 3.77. The van der Waals surface area contributed by atoms with Crippen molar-refractivity contribution < 1.29 is 38.9 Å². The van der Waals surface area contributed by atoms with E-state index in [-0.39, 0.29) is 19.8 Å². The van der Waals surface area contributed by atoms with E-state index >= 15 is 0 Å². The van der Waals surface area contributed by atoms with Crippen molar-refractivity contribution in [2.75, 3.05) is 13.2 Å². The van der Waals surface area contributed by atoms with Crippen LogP contribution in [0.3, 0.4) is 0 Å². The van der Waals surface area contributed by atoms with Crippen LogP contribution in [0.2, 0.25) is 0 Å². The Morgan fingerprint density at radius 3 is 2.22 bits per heavy atom.